The van der Waals surface area contributed by atoms with Crippen molar-refractivity contribution in [3.05, 3.63) is 28.0 Å². The van der Waals surface area contributed by atoms with Crippen molar-refractivity contribution >= 4 is 26.0 Å². The highest BCUT2D eigenvalue weighted by atomic mass is 79.9. The van der Waals surface area contributed by atoms with Gasteiger partial charge in [-0.1, -0.05) is 6.92 Å². The fourth-order valence-corrected chi connectivity index (χ4v) is 3.11. The summed E-state index contributed by atoms with van der Waals surface area (Å²) < 4.78 is 39.4. The van der Waals surface area contributed by atoms with Crippen molar-refractivity contribution < 1.29 is 12.8 Å². The molecule has 0 atom stereocenters. The van der Waals surface area contributed by atoms with Gasteiger partial charge in [0.25, 0.3) is 0 Å². The van der Waals surface area contributed by atoms with Gasteiger partial charge >= 0.3 is 0 Å². The van der Waals surface area contributed by atoms with E-state index in [0.29, 0.717) is 18.5 Å². The molecule has 1 rings (SSSR count). The van der Waals surface area contributed by atoms with Crippen LogP contribution in [0.15, 0.2) is 21.5 Å². The van der Waals surface area contributed by atoms with E-state index in [1.54, 1.807) is 6.92 Å². The topological polar surface area (TPSA) is 46.2 Å². The van der Waals surface area contributed by atoms with Crippen LogP contribution >= 0.6 is 15.9 Å². The summed E-state index contributed by atoms with van der Waals surface area (Å²) in [5, 5.41) is 0. The summed E-state index contributed by atoms with van der Waals surface area (Å²) in [5.74, 6) is -0.466. The molecule has 0 aliphatic rings. The molecule has 0 fully saturated rings. The predicted octanol–water partition coefficient (Wildman–Crippen LogP) is 2.58. The zero-order valence-electron chi connectivity index (χ0n) is 9.05. The van der Waals surface area contributed by atoms with E-state index in [4.69, 9.17) is 0 Å². The van der Waals surface area contributed by atoms with Crippen LogP contribution < -0.4 is 4.72 Å². The maximum atomic E-state index is 13.1. The summed E-state index contributed by atoms with van der Waals surface area (Å²) in [5.41, 5.74) is 0.393. The minimum atomic E-state index is -3.54. The zero-order valence-corrected chi connectivity index (χ0v) is 11.5. The van der Waals surface area contributed by atoms with Crippen LogP contribution in [-0.4, -0.2) is 15.0 Å². The van der Waals surface area contributed by atoms with Gasteiger partial charge in [0.2, 0.25) is 10.0 Å². The van der Waals surface area contributed by atoms with Gasteiger partial charge in [0, 0.05) is 6.54 Å². The number of hydrogen-bond donors (Lipinski definition) is 1. The van der Waals surface area contributed by atoms with Gasteiger partial charge in [0.05, 0.1) is 9.37 Å². The highest BCUT2D eigenvalue weighted by Gasteiger charge is 2.17. The van der Waals surface area contributed by atoms with Crippen LogP contribution in [0.5, 0.6) is 0 Å². The summed E-state index contributed by atoms with van der Waals surface area (Å²) in [6.07, 6.45) is 0.709. The number of nitrogens with one attached hydrogen (secondary N) is 1. The quantitative estimate of drug-likeness (QED) is 0.929. The largest absolute Gasteiger partial charge is 0.240 e. The molecular formula is C10H13BrFNO2S. The second-order valence-electron chi connectivity index (χ2n) is 3.43. The van der Waals surface area contributed by atoms with Crippen molar-refractivity contribution in [1.29, 1.82) is 0 Å². The molecule has 0 aliphatic heterocycles. The second-order valence-corrected chi connectivity index (χ2v) is 6.02. The standard InChI is InChI=1S/C10H13BrFNO2S/c1-3-4-13-16(14,15)10-6-8(11)9(12)5-7(10)2/h5-6,13H,3-4H2,1-2H3. The molecule has 0 spiro atoms. The van der Waals surface area contributed by atoms with Crippen LogP contribution in [0, 0.1) is 12.7 Å². The Labute approximate surface area is 103 Å². The van der Waals surface area contributed by atoms with Gasteiger partial charge in [0.1, 0.15) is 5.82 Å². The van der Waals surface area contributed by atoms with E-state index in [2.05, 4.69) is 20.7 Å². The van der Waals surface area contributed by atoms with Crippen molar-refractivity contribution in [2.75, 3.05) is 6.54 Å². The Kier molecular flexibility index (Phi) is 4.46. The van der Waals surface area contributed by atoms with Gasteiger partial charge in [-0.05, 0) is 47.0 Å². The molecule has 90 valence electrons. The lowest BCUT2D eigenvalue weighted by Crippen LogP contribution is -2.25. The van der Waals surface area contributed by atoms with Crippen LogP contribution in [0.1, 0.15) is 18.9 Å². The van der Waals surface area contributed by atoms with Crippen LogP contribution in [0.25, 0.3) is 0 Å². The van der Waals surface area contributed by atoms with Gasteiger partial charge in [0.15, 0.2) is 0 Å². The van der Waals surface area contributed by atoms with Crippen molar-refractivity contribution in [2.45, 2.75) is 25.2 Å². The lowest BCUT2D eigenvalue weighted by molar-refractivity contribution is 0.578. The Morgan fingerprint density at radius 1 is 1.44 bits per heavy atom. The van der Waals surface area contributed by atoms with Crippen LogP contribution in [-0.2, 0) is 10.0 Å². The van der Waals surface area contributed by atoms with Crippen molar-refractivity contribution in [2.24, 2.45) is 0 Å². The Bertz CT molecular complexity index is 488. The molecule has 16 heavy (non-hydrogen) atoms. The zero-order chi connectivity index (χ0) is 12.3. The van der Waals surface area contributed by atoms with E-state index in [9.17, 15) is 12.8 Å². The monoisotopic (exact) mass is 309 g/mol. The van der Waals surface area contributed by atoms with Crippen LogP contribution in [0.2, 0.25) is 0 Å². The number of halogens is 2. The molecule has 0 bridgehead atoms. The molecule has 0 heterocycles. The highest BCUT2D eigenvalue weighted by molar-refractivity contribution is 9.10. The first kappa shape index (κ1) is 13.6. The fraction of sp³-hybridized carbons (Fsp3) is 0.400. The number of hydrogen-bond acceptors (Lipinski definition) is 2. The molecule has 0 amide bonds. The molecular weight excluding hydrogens is 297 g/mol. The van der Waals surface area contributed by atoms with Crippen LogP contribution in [0.4, 0.5) is 4.39 Å². The third kappa shape index (κ3) is 3.02. The Morgan fingerprint density at radius 2 is 2.06 bits per heavy atom. The minimum absolute atomic E-state index is 0.106. The summed E-state index contributed by atoms with van der Waals surface area (Å²) >= 11 is 2.97. The summed E-state index contributed by atoms with van der Waals surface area (Å²) in [6.45, 7) is 3.81. The van der Waals surface area contributed by atoms with E-state index in [1.807, 2.05) is 6.92 Å². The predicted molar refractivity (Wildman–Crippen MR) is 64.3 cm³/mol. The van der Waals surface area contributed by atoms with Gasteiger partial charge in [-0.2, -0.15) is 0 Å². The molecule has 1 aromatic carbocycles. The third-order valence-corrected chi connectivity index (χ3v) is 4.26. The maximum Gasteiger partial charge on any atom is 0.240 e. The first-order chi connectivity index (χ1) is 7.38. The van der Waals surface area contributed by atoms with Gasteiger partial charge in [-0.25, -0.2) is 17.5 Å². The molecule has 1 aromatic rings. The molecule has 3 nitrogen and oxygen atoms in total. The van der Waals surface area contributed by atoms with E-state index in [-0.39, 0.29) is 9.37 Å². The molecule has 0 radical (unpaired) electrons. The van der Waals surface area contributed by atoms with Gasteiger partial charge in [-0.3, -0.25) is 0 Å². The summed E-state index contributed by atoms with van der Waals surface area (Å²) in [4.78, 5) is 0.106. The van der Waals surface area contributed by atoms with Crippen LogP contribution in [0.3, 0.4) is 0 Å². The van der Waals surface area contributed by atoms with Gasteiger partial charge < -0.3 is 0 Å². The smallest absolute Gasteiger partial charge is 0.211 e. The van der Waals surface area contributed by atoms with E-state index in [0.717, 1.165) is 0 Å². The first-order valence-electron chi connectivity index (χ1n) is 4.83. The van der Waals surface area contributed by atoms with E-state index >= 15 is 0 Å². The first-order valence-corrected chi connectivity index (χ1v) is 7.11. The van der Waals surface area contributed by atoms with E-state index < -0.39 is 15.8 Å². The Morgan fingerprint density at radius 3 is 2.62 bits per heavy atom. The normalized spacial score (nSPS) is 11.8. The number of benzene rings is 1. The number of sulfonamides is 1. The molecule has 0 saturated carbocycles. The molecule has 6 heteroatoms. The molecule has 0 aliphatic carbocycles. The third-order valence-electron chi connectivity index (χ3n) is 2.05. The number of aryl methyl sites for hydroxylation is 1. The Balaban J connectivity index is 3.18. The minimum Gasteiger partial charge on any atom is -0.211 e. The highest BCUT2D eigenvalue weighted by Crippen LogP contribution is 2.23. The fourth-order valence-electron chi connectivity index (χ4n) is 1.23. The molecule has 1 N–H and O–H groups in total. The number of rotatable bonds is 4. The average Bonchev–Trinajstić information content (AvgIpc) is 2.20. The lowest BCUT2D eigenvalue weighted by Gasteiger charge is -2.09. The van der Waals surface area contributed by atoms with Crippen molar-refractivity contribution in [1.82, 2.24) is 4.72 Å². The Hall–Kier alpha value is -0.460. The lowest BCUT2D eigenvalue weighted by atomic mass is 10.2. The SMILES string of the molecule is CCCNS(=O)(=O)c1cc(Br)c(F)cc1C. The average molecular weight is 310 g/mol. The van der Waals surface area contributed by atoms with Crippen molar-refractivity contribution in [3.63, 3.8) is 0 Å². The molecule has 0 unspecified atom stereocenters. The van der Waals surface area contributed by atoms with Gasteiger partial charge in [-0.15, -0.1) is 0 Å². The molecule has 0 aromatic heterocycles. The summed E-state index contributed by atoms with van der Waals surface area (Å²) in [6, 6.07) is 2.48. The second kappa shape index (κ2) is 5.25. The summed E-state index contributed by atoms with van der Waals surface area (Å²) in [7, 11) is -3.54. The molecule has 0 saturated heterocycles. The maximum absolute atomic E-state index is 13.1. The van der Waals surface area contributed by atoms with Crippen molar-refractivity contribution in [3.8, 4) is 0 Å². The van der Waals surface area contributed by atoms with E-state index in [1.165, 1.54) is 12.1 Å².